The van der Waals surface area contributed by atoms with Gasteiger partial charge in [0.1, 0.15) is 28.6 Å². The lowest BCUT2D eigenvalue weighted by atomic mass is 9.94. The minimum absolute atomic E-state index is 0.0380. The van der Waals surface area contributed by atoms with Crippen LogP contribution in [-0.2, 0) is 6.42 Å². The van der Waals surface area contributed by atoms with E-state index in [9.17, 15) is 22.7 Å². The van der Waals surface area contributed by atoms with Gasteiger partial charge in [-0.15, -0.1) is 0 Å². The van der Waals surface area contributed by atoms with Crippen molar-refractivity contribution in [2.75, 3.05) is 44.2 Å². The highest BCUT2D eigenvalue weighted by Crippen LogP contribution is 2.47. The number of phenolic OH excluding ortho intramolecular Hbond substituents is 1. The van der Waals surface area contributed by atoms with Gasteiger partial charge in [-0.2, -0.15) is 23.1 Å². The van der Waals surface area contributed by atoms with Gasteiger partial charge in [0.15, 0.2) is 5.82 Å². The first-order valence-corrected chi connectivity index (χ1v) is 16.2. The van der Waals surface area contributed by atoms with Gasteiger partial charge in [-0.1, -0.05) is 19.9 Å². The molecule has 250 valence electrons. The summed E-state index contributed by atoms with van der Waals surface area (Å²) < 4.78 is 77.3. The smallest absolute Gasteiger partial charge is 0.401 e. The number of fused-ring (bicyclic) bond motifs is 4. The van der Waals surface area contributed by atoms with Gasteiger partial charge in [0.2, 0.25) is 0 Å². The maximum Gasteiger partial charge on any atom is 0.401 e. The number of hydrogen-bond acceptors (Lipinski definition) is 8. The third-order valence-corrected chi connectivity index (χ3v) is 9.79. The lowest BCUT2D eigenvalue weighted by molar-refractivity contribution is -0.147. The molecule has 47 heavy (non-hydrogen) atoms. The fourth-order valence-corrected chi connectivity index (χ4v) is 7.27. The zero-order chi connectivity index (χ0) is 33.1. The van der Waals surface area contributed by atoms with Crippen LogP contribution in [0.2, 0.25) is 0 Å². The van der Waals surface area contributed by atoms with Crippen molar-refractivity contribution >= 4 is 27.5 Å². The molecule has 0 spiro atoms. The van der Waals surface area contributed by atoms with E-state index in [0.29, 0.717) is 59.9 Å². The number of anilines is 1. The van der Waals surface area contributed by atoms with Gasteiger partial charge in [0, 0.05) is 48.9 Å². The Balaban J connectivity index is 1.30. The van der Waals surface area contributed by atoms with E-state index in [1.807, 2.05) is 0 Å². The molecule has 4 aromatic rings. The van der Waals surface area contributed by atoms with Gasteiger partial charge in [-0.05, 0) is 73.2 Å². The summed E-state index contributed by atoms with van der Waals surface area (Å²) in [5.41, 5.74) is 0.00320. The number of phenols is 1. The molecule has 2 atom stereocenters. The summed E-state index contributed by atoms with van der Waals surface area (Å²) >= 11 is 0. The highest BCUT2D eigenvalue weighted by molar-refractivity contribution is 6.01. The normalized spacial score (nSPS) is 20.5. The van der Waals surface area contributed by atoms with Crippen LogP contribution in [0.3, 0.4) is 0 Å². The molecule has 2 aliphatic heterocycles. The fraction of sp³-hybridized carbons (Fsp3) is 0.500. The molecule has 13 heteroatoms. The summed E-state index contributed by atoms with van der Waals surface area (Å²) in [6.07, 6.45) is 0.972. The number of nitrogens with one attached hydrogen (secondary N) is 1. The van der Waals surface area contributed by atoms with Gasteiger partial charge < -0.3 is 20.1 Å². The van der Waals surface area contributed by atoms with E-state index in [1.165, 1.54) is 29.3 Å². The molecular weight excluding hydrogens is 619 g/mol. The zero-order valence-electron chi connectivity index (χ0n) is 26.3. The number of piperazine rings is 1. The summed E-state index contributed by atoms with van der Waals surface area (Å²) in [5, 5.41) is 15.5. The zero-order valence-corrected chi connectivity index (χ0v) is 26.3. The van der Waals surface area contributed by atoms with Gasteiger partial charge in [-0.25, -0.2) is 8.78 Å². The summed E-state index contributed by atoms with van der Waals surface area (Å²) in [4.78, 5) is 17.2. The molecule has 2 aromatic carbocycles. The Morgan fingerprint density at radius 2 is 1.83 bits per heavy atom. The van der Waals surface area contributed by atoms with Crippen molar-refractivity contribution in [2.24, 2.45) is 5.41 Å². The SMILES string of the molecule is CCc1c(F)ccc2cc(O)cc(-c3ncc4c(N5C[C@H]6CC[C@@H](C5)N6)nc(OCC5(CN(CC)CC(F)(F)F)CC5)nc4c3F)c12. The number of aromatic nitrogens is 3. The molecule has 3 aliphatic rings. The number of aromatic hydroxyl groups is 1. The molecule has 2 saturated heterocycles. The van der Waals surface area contributed by atoms with Crippen LogP contribution in [0.15, 0.2) is 30.5 Å². The predicted molar refractivity (Wildman–Crippen MR) is 169 cm³/mol. The van der Waals surface area contributed by atoms with Crippen molar-refractivity contribution in [1.29, 1.82) is 0 Å². The maximum absolute atomic E-state index is 16.8. The molecule has 4 heterocycles. The second-order valence-electron chi connectivity index (χ2n) is 13.2. The minimum atomic E-state index is -4.31. The molecule has 2 aromatic heterocycles. The molecule has 0 radical (unpaired) electrons. The van der Waals surface area contributed by atoms with E-state index >= 15 is 4.39 Å². The Hall–Kier alpha value is -3.84. The number of rotatable bonds is 10. The van der Waals surface area contributed by atoms with E-state index in [0.717, 1.165) is 12.8 Å². The highest BCUT2D eigenvalue weighted by atomic mass is 19.4. The van der Waals surface area contributed by atoms with Crippen LogP contribution in [0, 0.1) is 17.0 Å². The standard InChI is InChI=1S/C34H37F5N6O2/c1-3-23-26(35)8-5-19-11-22(46)12-24(27(19)23)29-28(36)30-25(13-40-29)31(45-14-20-6-7-21(15-45)41-20)43-32(42-30)47-18-33(9-10-33)16-44(4-2)17-34(37,38)39/h5,8,11-13,20-21,41,46H,3-4,6-7,9-10,14-18H2,1-2H3/t20-,21+. The van der Waals surface area contributed by atoms with Crippen molar-refractivity contribution in [1.82, 2.24) is 25.2 Å². The van der Waals surface area contributed by atoms with Gasteiger partial charge in [0.25, 0.3) is 0 Å². The summed E-state index contributed by atoms with van der Waals surface area (Å²) in [5.74, 6) is -0.851. The molecule has 0 amide bonds. The van der Waals surface area contributed by atoms with E-state index < -0.39 is 29.8 Å². The lowest BCUT2D eigenvalue weighted by Crippen LogP contribution is -2.51. The predicted octanol–water partition coefficient (Wildman–Crippen LogP) is 6.38. The minimum Gasteiger partial charge on any atom is -0.508 e. The fourth-order valence-electron chi connectivity index (χ4n) is 7.27. The number of alkyl halides is 3. The van der Waals surface area contributed by atoms with E-state index in [2.05, 4.69) is 20.2 Å². The Morgan fingerprint density at radius 1 is 1.09 bits per heavy atom. The highest BCUT2D eigenvalue weighted by Gasteiger charge is 2.46. The van der Waals surface area contributed by atoms with E-state index in [4.69, 9.17) is 9.72 Å². The van der Waals surface area contributed by atoms with Crippen LogP contribution in [0.5, 0.6) is 11.8 Å². The summed E-state index contributed by atoms with van der Waals surface area (Å²) in [6.45, 7) is 4.35. The molecule has 1 aliphatic carbocycles. The van der Waals surface area contributed by atoms with Gasteiger partial charge in [-0.3, -0.25) is 9.88 Å². The largest absolute Gasteiger partial charge is 0.508 e. The Kier molecular flexibility index (Phi) is 8.10. The number of nitrogens with zero attached hydrogens (tertiary/aromatic N) is 5. The van der Waals surface area contributed by atoms with Crippen LogP contribution >= 0.6 is 0 Å². The number of pyridine rings is 1. The number of ether oxygens (including phenoxy) is 1. The Labute approximate surface area is 269 Å². The first-order valence-electron chi connectivity index (χ1n) is 16.2. The van der Waals surface area contributed by atoms with Crippen LogP contribution in [0.4, 0.5) is 27.8 Å². The maximum atomic E-state index is 16.8. The lowest BCUT2D eigenvalue weighted by Gasteiger charge is -2.34. The molecule has 0 unspecified atom stereocenters. The van der Waals surface area contributed by atoms with E-state index in [1.54, 1.807) is 19.9 Å². The monoisotopic (exact) mass is 656 g/mol. The summed E-state index contributed by atoms with van der Waals surface area (Å²) in [7, 11) is 0. The van der Waals surface area contributed by atoms with Crippen molar-refractivity contribution < 1.29 is 31.8 Å². The molecule has 2 N–H and O–H groups in total. The molecule has 8 nitrogen and oxygen atoms in total. The molecule has 1 saturated carbocycles. The average molecular weight is 657 g/mol. The third kappa shape index (κ3) is 6.27. The van der Waals surface area contributed by atoms with Crippen LogP contribution in [0.25, 0.3) is 32.9 Å². The van der Waals surface area contributed by atoms with Gasteiger partial charge >= 0.3 is 12.2 Å². The molecule has 2 bridgehead atoms. The first kappa shape index (κ1) is 31.7. The topological polar surface area (TPSA) is 86.6 Å². The van der Waals surface area contributed by atoms with E-state index in [-0.39, 0.29) is 60.3 Å². The van der Waals surface area contributed by atoms with Gasteiger partial charge in [0.05, 0.1) is 18.5 Å². The van der Waals surface area contributed by atoms with Crippen molar-refractivity contribution in [3.05, 3.63) is 47.7 Å². The second-order valence-corrected chi connectivity index (χ2v) is 13.2. The quantitative estimate of drug-likeness (QED) is 0.191. The summed E-state index contributed by atoms with van der Waals surface area (Å²) in [6, 6.07) is 6.19. The van der Waals surface area contributed by atoms with Crippen molar-refractivity contribution in [3.63, 3.8) is 0 Å². The molecule has 3 fully saturated rings. The first-order chi connectivity index (χ1) is 22.5. The second kappa shape index (κ2) is 12.0. The van der Waals surface area contributed by atoms with Crippen molar-refractivity contribution in [2.45, 2.75) is 64.2 Å². The number of benzene rings is 2. The Bertz CT molecular complexity index is 1820. The molecular formula is C34H37F5N6O2. The van der Waals surface area contributed by atoms with Crippen LogP contribution in [-0.4, -0.2) is 82.5 Å². The number of halogens is 5. The number of hydrogen-bond donors (Lipinski definition) is 2. The Morgan fingerprint density at radius 3 is 2.49 bits per heavy atom. The molecule has 7 rings (SSSR count). The third-order valence-electron chi connectivity index (χ3n) is 9.79. The number of aryl methyl sites for hydroxylation is 1. The van der Waals surface area contributed by atoms with Crippen LogP contribution < -0.4 is 15.0 Å². The van der Waals surface area contributed by atoms with Crippen LogP contribution in [0.1, 0.15) is 45.1 Å². The van der Waals surface area contributed by atoms with Crippen molar-refractivity contribution in [3.8, 4) is 23.0 Å². The average Bonchev–Trinajstić information content (AvgIpc) is 3.72.